The van der Waals surface area contributed by atoms with Gasteiger partial charge in [0.05, 0.1) is 6.61 Å². The lowest BCUT2D eigenvalue weighted by Crippen LogP contribution is -2.27. The Labute approximate surface area is 118 Å². The fraction of sp³-hybridized carbons (Fsp3) is 0.600. The van der Waals surface area contributed by atoms with Gasteiger partial charge in [-0.3, -0.25) is 0 Å². The maximum absolute atomic E-state index is 9.45. The molecule has 0 spiro atoms. The van der Waals surface area contributed by atoms with Gasteiger partial charge in [0.1, 0.15) is 0 Å². The first-order chi connectivity index (χ1) is 8.70. The molecule has 0 saturated heterocycles. The van der Waals surface area contributed by atoms with Crippen LogP contribution in [0.2, 0.25) is 0 Å². The van der Waals surface area contributed by atoms with Crippen molar-refractivity contribution in [3.05, 3.63) is 28.2 Å². The standard InChI is InChI=1S/C15H22BrNO/c1-17(10-12-5-3-2-4-6-12)15-8-7-14(16)9-13(15)11-18/h7-9,12,18H,2-6,10-11H2,1H3. The number of aliphatic hydroxyl groups excluding tert-OH is 1. The summed E-state index contributed by atoms with van der Waals surface area (Å²) < 4.78 is 1.03. The van der Waals surface area contributed by atoms with Crippen molar-refractivity contribution in [2.24, 2.45) is 5.92 Å². The van der Waals surface area contributed by atoms with Gasteiger partial charge in [0.25, 0.3) is 0 Å². The molecule has 2 rings (SSSR count). The summed E-state index contributed by atoms with van der Waals surface area (Å²) in [6.45, 7) is 1.21. The number of halogens is 1. The van der Waals surface area contributed by atoms with Crippen LogP contribution in [-0.4, -0.2) is 18.7 Å². The topological polar surface area (TPSA) is 23.5 Å². The summed E-state index contributed by atoms with van der Waals surface area (Å²) in [5, 5.41) is 9.45. The summed E-state index contributed by atoms with van der Waals surface area (Å²) in [7, 11) is 2.14. The highest BCUT2D eigenvalue weighted by Gasteiger charge is 2.16. The fourth-order valence-corrected chi connectivity index (χ4v) is 3.32. The Kier molecular flexibility index (Phi) is 5.07. The molecule has 1 N–H and O–H groups in total. The third-order valence-corrected chi connectivity index (χ3v) is 4.37. The second-order valence-electron chi connectivity index (χ2n) is 5.32. The number of rotatable bonds is 4. The monoisotopic (exact) mass is 311 g/mol. The average molecular weight is 312 g/mol. The van der Waals surface area contributed by atoms with E-state index in [2.05, 4.69) is 33.9 Å². The van der Waals surface area contributed by atoms with Gasteiger partial charge >= 0.3 is 0 Å². The highest BCUT2D eigenvalue weighted by atomic mass is 79.9. The molecule has 1 aromatic rings. The van der Waals surface area contributed by atoms with Gasteiger partial charge in [0, 0.05) is 29.3 Å². The van der Waals surface area contributed by atoms with Crippen LogP contribution >= 0.6 is 15.9 Å². The molecule has 0 unspecified atom stereocenters. The smallest absolute Gasteiger partial charge is 0.0702 e. The van der Waals surface area contributed by atoms with E-state index in [1.165, 1.54) is 32.1 Å². The molecule has 1 saturated carbocycles. The minimum absolute atomic E-state index is 0.101. The molecule has 1 fully saturated rings. The highest BCUT2D eigenvalue weighted by molar-refractivity contribution is 9.10. The number of nitrogens with zero attached hydrogens (tertiary/aromatic N) is 1. The Morgan fingerprint density at radius 2 is 2.00 bits per heavy atom. The zero-order valence-electron chi connectivity index (χ0n) is 11.0. The highest BCUT2D eigenvalue weighted by Crippen LogP contribution is 2.28. The normalized spacial score (nSPS) is 16.8. The zero-order valence-corrected chi connectivity index (χ0v) is 12.6. The molecular formula is C15H22BrNO. The van der Waals surface area contributed by atoms with Crippen LogP contribution in [0.1, 0.15) is 37.7 Å². The van der Waals surface area contributed by atoms with Crippen molar-refractivity contribution in [2.45, 2.75) is 38.7 Å². The van der Waals surface area contributed by atoms with E-state index in [0.717, 1.165) is 28.2 Å². The van der Waals surface area contributed by atoms with Gasteiger partial charge in [-0.1, -0.05) is 35.2 Å². The maximum atomic E-state index is 9.45. The molecule has 0 atom stereocenters. The second kappa shape index (κ2) is 6.58. The van der Waals surface area contributed by atoms with E-state index >= 15 is 0 Å². The van der Waals surface area contributed by atoms with Gasteiger partial charge < -0.3 is 10.0 Å². The van der Waals surface area contributed by atoms with Crippen molar-refractivity contribution in [3.8, 4) is 0 Å². The lowest BCUT2D eigenvalue weighted by Gasteiger charge is -2.29. The van der Waals surface area contributed by atoms with Crippen LogP contribution in [0.3, 0.4) is 0 Å². The molecular weight excluding hydrogens is 290 g/mol. The molecule has 0 radical (unpaired) electrons. The van der Waals surface area contributed by atoms with Crippen molar-refractivity contribution in [1.29, 1.82) is 0 Å². The van der Waals surface area contributed by atoms with Crippen LogP contribution in [-0.2, 0) is 6.61 Å². The summed E-state index contributed by atoms with van der Waals surface area (Å²) in [6.07, 6.45) is 6.88. The second-order valence-corrected chi connectivity index (χ2v) is 6.23. The first-order valence-electron chi connectivity index (χ1n) is 6.81. The summed E-state index contributed by atoms with van der Waals surface area (Å²) in [6, 6.07) is 6.15. The Morgan fingerprint density at radius 1 is 1.28 bits per heavy atom. The van der Waals surface area contributed by atoms with Crippen LogP contribution < -0.4 is 4.90 Å². The molecule has 1 aliphatic carbocycles. The Hall–Kier alpha value is -0.540. The predicted octanol–water partition coefficient (Wildman–Crippen LogP) is 3.96. The molecule has 100 valence electrons. The van der Waals surface area contributed by atoms with Gasteiger partial charge in [-0.2, -0.15) is 0 Å². The van der Waals surface area contributed by atoms with E-state index in [4.69, 9.17) is 0 Å². The van der Waals surface area contributed by atoms with Crippen molar-refractivity contribution < 1.29 is 5.11 Å². The van der Waals surface area contributed by atoms with E-state index in [9.17, 15) is 5.11 Å². The first kappa shape index (κ1) is 13.9. The number of benzene rings is 1. The van der Waals surface area contributed by atoms with Crippen LogP contribution in [0, 0.1) is 5.92 Å². The van der Waals surface area contributed by atoms with Gasteiger partial charge in [-0.05, 0) is 37.0 Å². The molecule has 0 aliphatic heterocycles. The summed E-state index contributed by atoms with van der Waals surface area (Å²) in [4.78, 5) is 2.30. The van der Waals surface area contributed by atoms with Crippen LogP contribution in [0.25, 0.3) is 0 Å². The molecule has 1 aliphatic rings. The fourth-order valence-electron chi connectivity index (χ4n) is 2.91. The average Bonchev–Trinajstić information content (AvgIpc) is 2.39. The predicted molar refractivity (Wildman–Crippen MR) is 79.9 cm³/mol. The van der Waals surface area contributed by atoms with Crippen molar-refractivity contribution in [2.75, 3.05) is 18.5 Å². The van der Waals surface area contributed by atoms with E-state index in [0.29, 0.717) is 0 Å². The molecule has 1 aromatic carbocycles. The largest absolute Gasteiger partial charge is 0.392 e. The molecule has 2 nitrogen and oxygen atoms in total. The van der Waals surface area contributed by atoms with Crippen molar-refractivity contribution in [3.63, 3.8) is 0 Å². The lowest BCUT2D eigenvalue weighted by atomic mass is 9.89. The summed E-state index contributed by atoms with van der Waals surface area (Å²) in [5.41, 5.74) is 2.16. The van der Waals surface area contributed by atoms with Gasteiger partial charge in [-0.25, -0.2) is 0 Å². The van der Waals surface area contributed by atoms with E-state index in [1.54, 1.807) is 0 Å². The van der Waals surface area contributed by atoms with Crippen molar-refractivity contribution in [1.82, 2.24) is 0 Å². The number of aliphatic hydroxyl groups is 1. The van der Waals surface area contributed by atoms with E-state index in [-0.39, 0.29) is 6.61 Å². The first-order valence-corrected chi connectivity index (χ1v) is 7.60. The zero-order chi connectivity index (χ0) is 13.0. The minimum atomic E-state index is 0.101. The Balaban J connectivity index is 2.05. The number of hydrogen-bond acceptors (Lipinski definition) is 2. The summed E-state index contributed by atoms with van der Waals surface area (Å²) >= 11 is 3.46. The van der Waals surface area contributed by atoms with Gasteiger partial charge in [-0.15, -0.1) is 0 Å². The third-order valence-electron chi connectivity index (χ3n) is 3.88. The molecule has 18 heavy (non-hydrogen) atoms. The van der Waals surface area contributed by atoms with Gasteiger partial charge in [0.15, 0.2) is 0 Å². The quantitative estimate of drug-likeness (QED) is 0.910. The SMILES string of the molecule is CN(CC1CCCCC1)c1ccc(Br)cc1CO. The molecule has 0 aromatic heterocycles. The number of hydrogen-bond donors (Lipinski definition) is 1. The molecule has 0 bridgehead atoms. The minimum Gasteiger partial charge on any atom is -0.392 e. The van der Waals surface area contributed by atoms with Crippen LogP contribution in [0.4, 0.5) is 5.69 Å². The third kappa shape index (κ3) is 3.48. The van der Waals surface area contributed by atoms with Crippen molar-refractivity contribution >= 4 is 21.6 Å². The van der Waals surface area contributed by atoms with Crippen LogP contribution in [0.15, 0.2) is 22.7 Å². The maximum Gasteiger partial charge on any atom is 0.0702 e. The molecule has 3 heteroatoms. The lowest BCUT2D eigenvalue weighted by molar-refractivity contribution is 0.281. The Bertz CT molecular complexity index is 388. The van der Waals surface area contributed by atoms with Gasteiger partial charge in [0.2, 0.25) is 0 Å². The van der Waals surface area contributed by atoms with Crippen LogP contribution in [0.5, 0.6) is 0 Å². The Morgan fingerprint density at radius 3 is 2.67 bits per heavy atom. The summed E-state index contributed by atoms with van der Waals surface area (Å²) in [5.74, 6) is 0.818. The number of anilines is 1. The molecule has 0 heterocycles. The molecule has 0 amide bonds. The van der Waals surface area contributed by atoms with E-state index in [1.807, 2.05) is 12.1 Å². The van der Waals surface area contributed by atoms with E-state index < -0.39 is 0 Å².